The second-order valence-corrected chi connectivity index (χ2v) is 13.0. The molecule has 16 heteroatoms. The molecule has 0 fully saturated rings. The number of benzene rings is 4. The summed E-state index contributed by atoms with van der Waals surface area (Å²) in [6.45, 7) is 1.82. The molecule has 0 unspecified atom stereocenters. The Labute approximate surface area is 297 Å². The van der Waals surface area contributed by atoms with E-state index in [1.165, 1.54) is 36.4 Å². The molecule has 6 rings (SSSR count). The number of nitrogens with zero attached hydrogens (tertiary/aromatic N) is 4. The van der Waals surface area contributed by atoms with Crippen LogP contribution in [0.15, 0.2) is 127 Å². The molecule has 15 nitrogen and oxygen atoms in total. The fraction of sp³-hybridized carbons (Fsp3) is 0.0833. The number of carbonyl (C=O) groups is 1. The number of non-ortho nitro benzene ring substituents is 1. The Balaban J connectivity index is 0.000000407. The Morgan fingerprint density at radius 3 is 1.92 bits per heavy atom. The number of nitro groups is 2. The van der Waals surface area contributed by atoms with Crippen molar-refractivity contribution in [2.45, 2.75) is 11.8 Å². The van der Waals surface area contributed by atoms with Gasteiger partial charge in [-0.2, -0.15) is 0 Å². The molecule has 0 aliphatic rings. The van der Waals surface area contributed by atoms with Gasteiger partial charge in [-0.1, -0.05) is 17.7 Å². The number of carbonyl (C=O) groups excluding carboxylic acids is 1. The van der Waals surface area contributed by atoms with Crippen LogP contribution in [0.2, 0.25) is 0 Å². The maximum Gasteiger partial charge on any atom is 0.284 e. The standard InChI is InChI=1S/C29H23N7O5.C7H8O3S/c1-33-14-11-21(12-15-33)30-19-3-5-20(6-4-19)32-29(37)24-9-7-22(17-28(24)36(40)41)31-26-13-16-34(2)27-10-8-23(35(38)39)18-25(26)27;1-6-2-4-7(5-3-6)11(8,9)10/h3-18H,1-2H3,(H,32,37);2-5H,1H3,(H,8,9,10)/p+1. The number of aromatic nitrogens is 2. The minimum atomic E-state index is -4.27. The van der Waals surface area contributed by atoms with Gasteiger partial charge in [0, 0.05) is 59.5 Å². The molecule has 2 aromatic heterocycles. The fourth-order valence-corrected chi connectivity index (χ4v) is 5.49. The molecule has 264 valence electrons. The van der Waals surface area contributed by atoms with Gasteiger partial charge in [0.25, 0.3) is 17.3 Å². The van der Waals surface area contributed by atoms with E-state index in [0.29, 0.717) is 22.4 Å². The van der Waals surface area contributed by atoms with Crippen molar-refractivity contribution in [2.24, 2.45) is 14.1 Å². The number of pyridine rings is 2. The van der Waals surface area contributed by atoms with E-state index in [2.05, 4.69) is 16.0 Å². The highest BCUT2D eigenvalue weighted by Gasteiger charge is 2.22. The lowest BCUT2D eigenvalue weighted by Gasteiger charge is -2.11. The van der Waals surface area contributed by atoms with Crippen molar-refractivity contribution in [3.63, 3.8) is 0 Å². The summed E-state index contributed by atoms with van der Waals surface area (Å²) < 4.78 is 34.9. The largest absolute Gasteiger partial charge is 0.744 e. The van der Waals surface area contributed by atoms with E-state index >= 15 is 0 Å². The number of hydrogen-bond donors (Lipinski definition) is 3. The van der Waals surface area contributed by atoms with E-state index in [-0.39, 0.29) is 21.8 Å². The summed E-state index contributed by atoms with van der Waals surface area (Å²) in [6.07, 6.45) is 5.60. The molecule has 1 amide bonds. The van der Waals surface area contributed by atoms with Gasteiger partial charge < -0.3 is 20.5 Å². The molecule has 0 spiro atoms. The first kappa shape index (κ1) is 36.5. The Morgan fingerprint density at radius 1 is 0.692 bits per heavy atom. The van der Waals surface area contributed by atoms with Crippen molar-refractivity contribution in [3.8, 4) is 0 Å². The Morgan fingerprint density at radius 2 is 1.31 bits per heavy atom. The van der Waals surface area contributed by atoms with E-state index < -0.39 is 25.9 Å². The normalized spacial score (nSPS) is 10.8. The van der Waals surface area contributed by atoms with Crippen LogP contribution in [0.5, 0.6) is 0 Å². The summed E-state index contributed by atoms with van der Waals surface area (Å²) in [4.78, 5) is 34.9. The number of nitro benzene ring substituents is 2. The van der Waals surface area contributed by atoms with Crippen LogP contribution in [0, 0.1) is 27.2 Å². The third-order valence-corrected chi connectivity index (χ3v) is 8.61. The topological polar surface area (TPSA) is 204 Å². The summed E-state index contributed by atoms with van der Waals surface area (Å²) in [5.41, 5.74) is 4.13. The van der Waals surface area contributed by atoms with Gasteiger partial charge in [-0.25, -0.2) is 17.6 Å². The van der Waals surface area contributed by atoms with Gasteiger partial charge in [-0.3, -0.25) is 25.0 Å². The number of amides is 1. The van der Waals surface area contributed by atoms with E-state index in [1.807, 2.05) is 54.7 Å². The molecule has 4 aromatic carbocycles. The molecule has 0 atom stereocenters. The average molecular weight is 723 g/mol. The lowest BCUT2D eigenvalue weighted by atomic mass is 10.1. The number of fused-ring (bicyclic) bond motifs is 1. The van der Waals surface area contributed by atoms with Gasteiger partial charge in [0.2, 0.25) is 5.52 Å². The lowest BCUT2D eigenvalue weighted by molar-refractivity contribution is -0.671. The Kier molecular flexibility index (Phi) is 10.8. The third kappa shape index (κ3) is 9.06. The molecule has 0 saturated carbocycles. The molecule has 3 N–H and O–H groups in total. The smallest absolute Gasteiger partial charge is 0.284 e. The molecule has 0 aliphatic heterocycles. The highest BCUT2D eigenvalue weighted by Crippen LogP contribution is 2.31. The van der Waals surface area contributed by atoms with Crippen molar-refractivity contribution >= 4 is 66.7 Å². The highest BCUT2D eigenvalue weighted by atomic mass is 32.2. The van der Waals surface area contributed by atoms with Gasteiger partial charge in [0.15, 0.2) is 18.6 Å². The molecule has 52 heavy (non-hydrogen) atoms. The molecular weight excluding hydrogens is 691 g/mol. The molecule has 0 bridgehead atoms. The van der Waals surface area contributed by atoms with Crippen molar-refractivity contribution in [1.29, 1.82) is 0 Å². The lowest BCUT2D eigenvalue weighted by Crippen LogP contribution is -2.28. The molecule has 6 aromatic rings. The van der Waals surface area contributed by atoms with Crippen LogP contribution in [0.25, 0.3) is 10.9 Å². The zero-order valence-corrected chi connectivity index (χ0v) is 28.8. The van der Waals surface area contributed by atoms with Crippen LogP contribution in [-0.2, 0) is 24.2 Å². The first-order chi connectivity index (χ1) is 24.7. The summed E-state index contributed by atoms with van der Waals surface area (Å²) >= 11 is 0. The van der Waals surface area contributed by atoms with E-state index in [9.17, 15) is 38.0 Å². The predicted octanol–water partition coefficient (Wildman–Crippen LogP) is 5.94. The maximum atomic E-state index is 13.0. The van der Waals surface area contributed by atoms with Gasteiger partial charge in [0.1, 0.15) is 29.8 Å². The van der Waals surface area contributed by atoms with Crippen LogP contribution in [0.4, 0.5) is 39.8 Å². The van der Waals surface area contributed by atoms with Crippen LogP contribution in [0.1, 0.15) is 15.9 Å². The van der Waals surface area contributed by atoms with Crippen LogP contribution in [-0.4, -0.2) is 28.7 Å². The average Bonchev–Trinajstić information content (AvgIpc) is 3.11. The number of aryl methyl sites for hydroxylation is 3. The van der Waals surface area contributed by atoms with Crippen LogP contribution in [0.3, 0.4) is 0 Å². The highest BCUT2D eigenvalue weighted by molar-refractivity contribution is 7.85. The monoisotopic (exact) mass is 722 g/mol. The second-order valence-electron chi connectivity index (χ2n) is 11.6. The fourth-order valence-electron chi connectivity index (χ4n) is 5.03. The quantitative estimate of drug-likeness (QED) is 0.0693. The minimum absolute atomic E-state index is 0.0807. The van der Waals surface area contributed by atoms with Gasteiger partial charge in [-0.05, 0) is 55.5 Å². The minimum Gasteiger partial charge on any atom is -0.744 e. The molecule has 2 heterocycles. The van der Waals surface area contributed by atoms with Crippen LogP contribution >= 0.6 is 0 Å². The Bertz CT molecular complexity index is 2400. The van der Waals surface area contributed by atoms with Crippen molar-refractivity contribution in [3.05, 3.63) is 153 Å². The van der Waals surface area contributed by atoms with Gasteiger partial charge >= 0.3 is 0 Å². The van der Waals surface area contributed by atoms with E-state index in [1.54, 1.807) is 60.8 Å². The summed E-state index contributed by atoms with van der Waals surface area (Å²) in [7, 11) is -0.534. The zero-order valence-electron chi connectivity index (χ0n) is 28.0. The third-order valence-electron chi connectivity index (χ3n) is 7.76. The number of nitrogens with one attached hydrogen (secondary N) is 3. The van der Waals surface area contributed by atoms with Crippen molar-refractivity contribution in [1.82, 2.24) is 0 Å². The van der Waals surface area contributed by atoms with E-state index in [4.69, 9.17) is 0 Å². The Hall–Kier alpha value is -6.78. The molecule has 0 aliphatic carbocycles. The molecular formula is C36H32N7O8S+. The number of hydrogen-bond acceptors (Lipinski definition) is 10. The summed E-state index contributed by atoms with van der Waals surface area (Å²) in [5.74, 6) is -0.632. The SMILES string of the molecule is C[n+]1ccc(Nc2ccc(NC(=O)c3ccc(Nc4cc[n+](C)c5ccc([N+](=O)[O-])cc45)cc3[N+](=O)[O-])cc2)cc1.Cc1ccc(S(=O)(=O)[O-])cc1. The predicted molar refractivity (Wildman–Crippen MR) is 193 cm³/mol. The summed E-state index contributed by atoms with van der Waals surface area (Å²) in [5, 5.41) is 32.9. The first-order valence-electron chi connectivity index (χ1n) is 15.5. The van der Waals surface area contributed by atoms with Gasteiger partial charge in [0.05, 0.1) is 31.5 Å². The molecule has 0 radical (unpaired) electrons. The number of anilines is 5. The van der Waals surface area contributed by atoms with E-state index in [0.717, 1.165) is 22.5 Å². The molecule has 0 saturated heterocycles. The maximum absolute atomic E-state index is 13.0. The van der Waals surface area contributed by atoms with Gasteiger partial charge in [-0.15, -0.1) is 0 Å². The van der Waals surface area contributed by atoms with Crippen molar-refractivity contribution < 1.29 is 36.7 Å². The first-order valence-corrected chi connectivity index (χ1v) is 16.9. The summed E-state index contributed by atoms with van der Waals surface area (Å²) in [6, 6.07) is 27.0. The van der Waals surface area contributed by atoms with Crippen molar-refractivity contribution in [2.75, 3.05) is 16.0 Å². The zero-order chi connectivity index (χ0) is 37.6. The second kappa shape index (κ2) is 15.4. The number of rotatable bonds is 9. The van der Waals surface area contributed by atoms with Crippen LogP contribution < -0.4 is 25.1 Å².